The van der Waals surface area contributed by atoms with E-state index in [9.17, 15) is 9.90 Å². The first-order chi connectivity index (χ1) is 10.1. The van der Waals surface area contributed by atoms with Crippen molar-refractivity contribution in [3.8, 4) is 0 Å². The zero-order chi connectivity index (χ0) is 15.0. The second-order valence-corrected chi connectivity index (χ2v) is 7.26. The molecule has 21 heavy (non-hydrogen) atoms. The molecule has 0 atom stereocenters. The highest BCUT2D eigenvalue weighted by Gasteiger charge is 2.19. The number of aryl methyl sites for hydroxylation is 1. The third-order valence-electron chi connectivity index (χ3n) is 2.90. The van der Waals surface area contributed by atoms with Crippen LogP contribution in [0.1, 0.15) is 15.2 Å². The molecule has 1 aromatic carbocycles. The van der Waals surface area contributed by atoms with Crippen molar-refractivity contribution in [3.05, 3.63) is 45.5 Å². The van der Waals surface area contributed by atoms with Crippen LogP contribution in [-0.2, 0) is 0 Å². The quantitative estimate of drug-likeness (QED) is 0.672. The summed E-state index contributed by atoms with van der Waals surface area (Å²) >= 11 is 6.13. The zero-order valence-electron chi connectivity index (χ0n) is 10.8. The Kier molecular flexibility index (Phi) is 3.97. The topological polar surface area (TPSA) is 63.1 Å². The lowest BCUT2D eigenvalue weighted by molar-refractivity contribution is 0.0701. The Hall–Kier alpha value is -1.44. The van der Waals surface area contributed by atoms with E-state index >= 15 is 0 Å². The molecule has 0 aliphatic carbocycles. The van der Waals surface area contributed by atoms with Gasteiger partial charge in [-0.1, -0.05) is 33.8 Å². The lowest BCUT2D eigenvalue weighted by atomic mass is 10.2. The first-order valence-electron chi connectivity index (χ1n) is 5.97. The second-order valence-electron chi connectivity index (χ2n) is 4.28. The molecule has 3 rings (SSSR count). The number of carboxylic acids is 1. The highest BCUT2D eigenvalue weighted by Crippen LogP contribution is 2.38. The number of aromatic nitrogens is 2. The number of hydrogen-bond acceptors (Lipinski definition) is 5. The number of aromatic carboxylic acids is 1. The van der Waals surface area contributed by atoms with E-state index in [1.807, 2.05) is 24.3 Å². The second kappa shape index (κ2) is 5.75. The van der Waals surface area contributed by atoms with Gasteiger partial charge in [-0.15, -0.1) is 11.3 Å². The molecule has 4 nitrogen and oxygen atoms in total. The summed E-state index contributed by atoms with van der Waals surface area (Å²) in [6, 6.07) is 7.90. The number of rotatable bonds is 3. The maximum absolute atomic E-state index is 11.3. The molecular weight excluding hydrogens is 372 g/mol. The van der Waals surface area contributed by atoms with E-state index < -0.39 is 5.97 Å². The SMILES string of the molecule is Cc1c(C(=O)O)sc2ncnc(Sc3cccc(Br)c3)c12. The molecule has 0 aliphatic heterocycles. The number of halogens is 1. The lowest BCUT2D eigenvalue weighted by Crippen LogP contribution is -1.94. The maximum atomic E-state index is 11.3. The summed E-state index contributed by atoms with van der Waals surface area (Å²) in [5.41, 5.74) is 0.723. The minimum absolute atomic E-state index is 0.321. The third-order valence-corrected chi connectivity index (χ3v) is 5.57. The number of nitrogens with zero attached hydrogens (tertiary/aromatic N) is 2. The van der Waals surface area contributed by atoms with E-state index in [0.717, 1.165) is 25.3 Å². The highest BCUT2D eigenvalue weighted by atomic mass is 79.9. The fourth-order valence-electron chi connectivity index (χ4n) is 1.96. The van der Waals surface area contributed by atoms with Crippen molar-refractivity contribution in [1.82, 2.24) is 9.97 Å². The number of carboxylic acid groups (broad SMARTS) is 1. The van der Waals surface area contributed by atoms with Gasteiger partial charge in [-0.2, -0.15) is 0 Å². The summed E-state index contributed by atoms with van der Waals surface area (Å²) in [5, 5.41) is 10.8. The standard InChI is InChI=1S/C14H9BrN2O2S2/c1-7-10-12(20-9-4-2-3-8(15)5-9)16-6-17-13(10)21-11(7)14(18)19/h2-6H,1H3,(H,18,19). The monoisotopic (exact) mass is 380 g/mol. The van der Waals surface area contributed by atoms with Crippen LogP contribution < -0.4 is 0 Å². The minimum Gasteiger partial charge on any atom is -0.477 e. The zero-order valence-corrected chi connectivity index (χ0v) is 14.1. The largest absolute Gasteiger partial charge is 0.477 e. The number of hydrogen-bond donors (Lipinski definition) is 1. The molecular formula is C14H9BrN2O2S2. The molecule has 3 aromatic rings. The summed E-state index contributed by atoms with van der Waals surface area (Å²) in [5.74, 6) is -0.922. The van der Waals surface area contributed by atoms with Crippen molar-refractivity contribution >= 4 is 55.2 Å². The van der Waals surface area contributed by atoms with E-state index in [1.54, 1.807) is 6.92 Å². The number of fused-ring (bicyclic) bond motifs is 1. The van der Waals surface area contributed by atoms with Gasteiger partial charge in [-0.05, 0) is 30.7 Å². The summed E-state index contributed by atoms with van der Waals surface area (Å²) in [6.45, 7) is 1.80. The summed E-state index contributed by atoms with van der Waals surface area (Å²) in [6.07, 6.45) is 1.48. The Labute approximate surface area is 137 Å². The molecule has 0 saturated heterocycles. The van der Waals surface area contributed by atoms with E-state index in [-0.39, 0.29) is 0 Å². The smallest absolute Gasteiger partial charge is 0.346 e. The molecule has 7 heteroatoms. The predicted octanol–water partition coefficient (Wildman–Crippen LogP) is 4.61. The molecule has 106 valence electrons. The van der Waals surface area contributed by atoms with Crippen LogP contribution in [0.25, 0.3) is 10.2 Å². The fraction of sp³-hybridized carbons (Fsp3) is 0.0714. The van der Waals surface area contributed by atoms with Crippen LogP contribution in [0.5, 0.6) is 0 Å². The van der Waals surface area contributed by atoms with Gasteiger partial charge in [0, 0.05) is 14.8 Å². The lowest BCUT2D eigenvalue weighted by Gasteiger charge is -2.03. The van der Waals surface area contributed by atoms with Crippen LogP contribution in [-0.4, -0.2) is 21.0 Å². The maximum Gasteiger partial charge on any atom is 0.346 e. The predicted molar refractivity (Wildman–Crippen MR) is 87.4 cm³/mol. The number of thiophene rings is 1. The Balaban J connectivity index is 2.12. The van der Waals surface area contributed by atoms with E-state index in [2.05, 4.69) is 25.9 Å². The van der Waals surface area contributed by atoms with E-state index in [4.69, 9.17) is 0 Å². The average Bonchev–Trinajstić information content (AvgIpc) is 2.77. The molecule has 0 radical (unpaired) electrons. The van der Waals surface area contributed by atoms with Gasteiger partial charge in [0.05, 0.1) is 0 Å². The van der Waals surface area contributed by atoms with Crippen LogP contribution in [0.3, 0.4) is 0 Å². The number of carbonyl (C=O) groups is 1. The summed E-state index contributed by atoms with van der Waals surface area (Å²) in [4.78, 5) is 21.8. The molecule has 2 aromatic heterocycles. The summed E-state index contributed by atoms with van der Waals surface area (Å²) in [7, 11) is 0. The Morgan fingerprint density at radius 2 is 2.19 bits per heavy atom. The van der Waals surface area contributed by atoms with E-state index in [0.29, 0.717) is 9.71 Å². The van der Waals surface area contributed by atoms with Gasteiger partial charge in [0.2, 0.25) is 0 Å². The van der Waals surface area contributed by atoms with Gasteiger partial charge in [0.1, 0.15) is 21.1 Å². The summed E-state index contributed by atoms with van der Waals surface area (Å²) < 4.78 is 0.992. The molecule has 0 bridgehead atoms. The van der Waals surface area contributed by atoms with Crippen LogP contribution in [0.2, 0.25) is 0 Å². The van der Waals surface area contributed by atoms with Crippen LogP contribution in [0, 0.1) is 6.92 Å². The Morgan fingerprint density at radius 3 is 2.90 bits per heavy atom. The molecule has 1 N–H and O–H groups in total. The van der Waals surface area contributed by atoms with Crippen molar-refractivity contribution in [2.24, 2.45) is 0 Å². The normalized spacial score (nSPS) is 11.0. The van der Waals surface area contributed by atoms with Crippen LogP contribution in [0.15, 0.2) is 45.0 Å². The molecule has 0 spiro atoms. The average molecular weight is 381 g/mol. The van der Waals surface area contributed by atoms with E-state index in [1.165, 1.54) is 29.4 Å². The van der Waals surface area contributed by atoms with Gasteiger partial charge in [-0.3, -0.25) is 0 Å². The van der Waals surface area contributed by atoms with Crippen molar-refractivity contribution < 1.29 is 9.90 Å². The van der Waals surface area contributed by atoms with Crippen molar-refractivity contribution in [1.29, 1.82) is 0 Å². The minimum atomic E-state index is -0.922. The Bertz CT molecular complexity index is 848. The molecule has 0 unspecified atom stereocenters. The third kappa shape index (κ3) is 2.81. The molecule has 0 saturated carbocycles. The fourth-order valence-corrected chi connectivity index (χ4v) is 4.57. The van der Waals surface area contributed by atoms with Crippen LogP contribution >= 0.6 is 39.0 Å². The van der Waals surface area contributed by atoms with Gasteiger partial charge >= 0.3 is 5.97 Å². The molecule has 0 fully saturated rings. The first-order valence-corrected chi connectivity index (χ1v) is 8.39. The van der Waals surface area contributed by atoms with Gasteiger partial charge < -0.3 is 5.11 Å². The van der Waals surface area contributed by atoms with Gasteiger partial charge in [0.15, 0.2) is 0 Å². The molecule has 2 heterocycles. The highest BCUT2D eigenvalue weighted by molar-refractivity contribution is 9.10. The molecule has 0 amide bonds. The van der Waals surface area contributed by atoms with Gasteiger partial charge in [0.25, 0.3) is 0 Å². The number of benzene rings is 1. The van der Waals surface area contributed by atoms with Crippen molar-refractivity contribution in [2.75, 3.05) is 0 Å². The van der Waals surface area contributed by atoms with Crippen molar-refractivity contribution in [2.45, 2.75) is 16.8 Å². The Morgan fingerprint density at radius 1 is 1.38 bits per heavy atom. The molecule has 0 aliphatic rings. The van der Waals surface area contributed by atoms with Gasteiger partial charge in [-0.25, -0.2) is 14.8 Å². The first kappa shape index (κ1) is 14.5. The van der Waals surface area contributed by atoms with Crippen LogP contribution in [0.4, 0.5) is 0 Å². The van der Waals surface area contributed by atoms with Crippen molar-refractivity contribution in [3.63, 3.8) is 0 Å².